The van der Waals surface area contributed by atoms with Crippen molar-refractivity contribution >= 4 is 23.5 Å². The smallest absolute Gasteiger partial charge is 0.410 e. The van der Waals surface area contributed by atoms with E-state index in [1.165, 1.54) is 11.3 Å². The Hall–Kier alpha value is -1.83. The van der Waals surface area contributed by atoms with Gasteiger partial charge in [-0.2, -0.15) is 0 Å². The minimum atomic E-state index is -0.582. The third-order valence-corrected chi connectivity index (χ3v) is 4.49. The second kappa shape index (κ2) is 8.03. The molecule has 0 bridgehead atoms. The molecular weight excluding hydrogens is 342 g/mol. The molecule has 2 amide bonds. The first-order chi connectivity index (χ1) is 11.7. The second-order valence-electron chi connectivity index (χ2n) is 7.39. The highest BCUT2D eigenvalue weighted by molar-refractivity contribution is 7.09. The van der Waals surface area contributed by atoms with Gasteiger partial charge in [-0.05, 0) is 47.5 Å². The van der Waals surface area contributed by atoms with Crippen LogP contribution in [0.5, 0.6) is 0 Å². The van der Waals surface area contributed by atoms with Crippen LogP contribution in [0.1, 0.15) is 58.5 Å². The molecule has 140 valence electrons. The number of rotatable bonds is 3. The third kappa shape index (κ3) is 5.88. The summed E-state index contributed by atoms with van der Waals surface area (Å²) < 4.78 is 10.7. The van der Waals surface area contributed by atoms with Crippen LogP contribution in [0.2, 0.25) is 0 Å². The van der Waals surface area contributed by atoms with Gasteiger partial charge in [0.25, 0.3) is 0 Å². The fourth-order valence-electron chi connectivity index (χ4n) is 2.68. The number of ether oxygens (including phenoxy) is 2. The molecule has 1 fully saturated rings. The summed E-state index contributed by atoms with van der Waals surface area (Å²) in [5.41, 5.74) is -0.582. The van der Waals surface area contributed by atoms with Crippen LogP contribution in [0, 0.1) is 0 Å². The SMILES string of the molecule is CC(C)OC(=O)N[C@@H]1CCC(c2nccs2)N(C(=O)OC(C)(C)C)C1. The van der Waals surface area contributed by atoms with E-state index in [-0.39, 0.29) is 18.2 Å². The van der Waals surface area contributed by atoms with Crippen LogP contribution < -0.4 is 5.32 Å². The van der Waals surface area contributed by atoms with Crippen LogP contribution in [0.4, 0.5) is 9.59 Å². The van der Waals surface area contributed by atoms with E-state index in [9.17, 15) is 9.59 Å². The number of hydrogen-bond acceptors (Lipinski definition) is 6. The summed E-state index contributed by atoms with van der Waals surface area (Å²) in [6, 6.07) is -0.302. The molecule has 0 saturated carbocycles. The molecule has 1 aliphatic heterocycles. The molecule has 2 heterocycles. The molecule has 1 saturated heterocycles. The highest BCUT2D eigenvalue weighted by Gasteiger charge is 2.37. The van der Waals surface area contributed by atoms with Gasteiger partial charge in [0.1, 0.15) is 10.6 Å². The van der Waals surface area contributed by atoms with E-state index in [4.69, 9.17) is 9.47 Å². The Morgan fingerprint density at radius 1 is 1.36 bits per heavy atom. The second-order valence-corrected chi connectivity index (χ2v) is 8.32. The highest BCUT2D eigenvalue weighted by Crippen LogP contribution is 2.33. The minimum absolute atomic E-state index is 0.131. The zero-order valence-corrected chi connectivity index (χ0v) is 16.3. The normalized spacial score (nSPS) is 21.1. The van der Waals surface area contributed by atoms with Crippen molar-refractivity contribution in [3.05, 3.63) is 16.6 Å². The van der Waals surface area contributed by atoms with Gasteiger partial charge in [0.15, 0.2) is 0 Å². The van der Waals surface area contributed by atoms with E-state index in [2.05, 4.69) is 10.3 Å². The number of carbonyl (C=O) groups is 2. The van der Waals surface area contributed by atoms with E-state index in [1.54, 1.807) is 24.9 Å². The van der Waals surface area contributed by atoms with Gasteiger partial charge in [0.2, 0.25) is 0 Å². The Labute approximate surface area is 152 Å². The Bertz CT molecular complexity index is 583. The summed E-state index contributed by atoms with van der Waals surface area (Å²) in [7, 11) is 0. The molecule has 1 aliphatic rings. The fraction of sp³-hybridized carbons (Fsp3) is 0.706. The van der Waals surface area contributed by atoms with Gasteiger partial charge >= 0.3 is 12.2 Å². The van der Waals surface area contributed by atoms with E-state index in [1.807, 2.05) is 26.2 Å². The van der Waals surface area contributed by atoms with Crippen molar-refractivity contribution in [1.29, 1.82) is 0 Å². The summed E-state index contributed by atoms with van der Waals surface area (Å²) in [5, 5.41) is 5.62. The van der Waals surface area contributed by atoms with Crippen molar-refractivity contribution in [3.8, 4) is 0 Å². The van der Waals surface area contributed by atoms with Gasteiger partial charge in [-0.25, -0.2) is 14.6 Å². The lowest BCUT2D eigenvalue weighted by Crippen LogP contribution is -2.52. The maximum absolute atomic E-state index is 12.7. The lowest BCUT2D eigenvalue weighted by molar-refractivity contribution is 0.00491. The number of hydrogen-bond donors (Lipinski definition) is 1. The first-order valence-corrected chi connectivity index (χ1v) is 9.40. The monoisotopic (exact) mass is 369 g/mol. The standard InChI is InChI=1S/C17H27N3O4S/c1-11(2)23-15(21)19-12-6-7-13(14-18-8-9-25-14)20(10-12)16(22)24-17(3,4)5/h8-9,11-13H,6-7,10H2,1-5H3,(H,19,21)/t12-,13?/m1/s1. The minimum Gasteiger partial charge on any atom is -0.447 e. The predicted octanol–water partition coefficient (Wildman–Crippen LogP) is 3.72. The number of aromatic nitrogens is 1. The van der Waals surface area contributed by atoms with Crippen molar-refractivity contribution in [2.75, 3.05) is 6.54 Å². The maximum atomic E-state index is 12.7. The van der Waals surface area contributed by atoms with Gasteiger partial charge in [-0.1, -0.05) is 0 Å². The molecule has 0 aromatic carbocycles. The lowest BCUT2D eigenvalue weighted by atomic mass is 9.99. The molecular formula is C17H27N3O4S. The molecule has 1 unspecified atom stereocenters. The number of carbonyl (C=O) groups excluding carboxylic acids is 2. The number of amides is 2. The number of piperidine rings is 1. The first-order valence-electron chi connectivity index (χ1n) is 8.52. The first kappa shape index (κ1) is 19.5. The van der Waals surface area contributed by atoms with Crippen molar-refractivity contribution in [2.24, 2.45) is 0 Å². The average molecular weight is 369 g/mol. The van der Waals surface area contributed by atoms with Crippen LogP contribution in [-0.4, -0.2) is 46.4 Å². The van der Waals surface area contributed by atoms with Crippen LogP contribution in [0.15, 0.2) is 11.6 Å². The van der Waals surface area contributed by atoms with Gasteiger partial charge < -0.3 is 14.8 Å². The molecule has 0 spiro atoms. The van der Waals surface area contributed by atoms with E-state index in [0.717, 1.165) is 11.4 Å². The fourth-order valence-corrected chi connectivity index (χ4v) is 3.47. The van der Waals surface area contributed by atoms with Gasteiger partial charge in [-0.15, -0.1) is 11.3 Å². The van der Waals surface area contributed by atoms with Gasteiger partial charge in [0.05, 0.1) is 18.2 Å². The van der Waals surface area contributed by atoms with E-state index in [0.29, 0.717) is 13.0 Å². The lowest BCUT2D eigenvalue weighted by Gasteiger charge is -2.39. The molecule has 1 N–H and O–H groups in total. The predicted molar refractivity (Wildman–Crippen MR) is 95.6 cm³/mol. The zero-order valence-electron chi connectivity index (χ0n) is 15.4. The molecule has 25 heavy (non-hydrogen) atoms. The highest BCUT2D eigenvalue weighted by atomic mass is 32.1. The van der Waals surface area contributed by atoms with Crippen LogP contribution >= 0.6 is 11.3 Å². The number of thiazole rings is 1. The van der Waals surface area contributed by atoms with Crippen LogP contribution in [0.25, 0.3) is 0 Å². The van der Waals surface area contributed by atoms with Crippen molar-refractivity contribution in [1.82, 2.24) is 15.2 Å². The topological polar surface area (TPSA) is 80.8 Å². The molecule has 1 aromatic heterocycles. The Balaban J connectivity index is 2.09. The summed E-state index contributed by atoms with van der Waals surface area (Å²) in [6.45, 7) is 9.47. The Morgan fingerprint density at radius 2 is 2.08 bits per heavy atom. The Kier molecular flexibility index (Phi) is 6.26. The third-order valence-electron chi connectivity index (χ3n) is 3.61. The van der Waals surface area contributed by atoms with Gasteiger partial charge in [0, 0.05) is 18.1 Å². The van der Waals surface area contributed by atoms with Crippen molar-refractivity contribution in [3.63, 3.8) is 0 Å². The summed E-state index contributed by atoms with van der Waals surface area (Å²) in [6.07, 6.45) is 2.15. The summed E-state index contributed by atoms with van der Waals surface area (Å²) >= 11 is 1.52. The quantitative estimate of drug-likeness (QED) is 0.878. The maximum Gasteiger partial charge on any atom is 0.410 e. The molecule has 1 aromatic rings. The molecule has 0 radical (unpaired) electrons. The average Bonchev–Trinajstić information content (AvgIpc) is 2.98. The number of nitrogens with one attached hydrogen (secondary N) is 1. The van der Waals surface area contributed by atoms with Crippen molar-refractivity contribution in [2.45, 2.75) is 71.2 Å². The van der Waals surface area contributed by atoms with Crippen molar-refractivity contribution < 1.29 is 19.1 Å². The van der Waals surface area contributed by atoms with Crippen LogP contribution in [-0.2, 0) is 9.47 Å². The molecule has 7 nitrogen and oxygen atoms in total. The van der Waals surface area contributed by atoms with E-state index < -0.39 is 17.8 Å². The number of likely N-dealkylation sites (tertiary alicyclic amines) is 1. The number of nitrogens with zero attached hydrogens (tertiary/aromatic N) is 2. The molecule has 2 rings (SSSR count). The largest absolute Gasteiger partial charge is 0.447 e. The summed E-state index contributed by atoms with van der Waals surface area (Å²) in [4.78, 5) is 30.5. The molecule has 8 heteroatoms. The molecule has 2 atom stereocenters. The molecule has 0 aliphatic carbocycles. The Morgan fingerprint density at radius 3 is 2.64 bits per heavy atom. The van der Waals surface area contributed by atoms with E-state index >= 15 is 0 Å². The van der Waals surface area contributed by atoms with Gasteiger partial charge in [-0.3, -0.25) is 4.90 Å². The number of alkyl carbamates (subject to hydrolysis) is 1. The zero-order chi connectivity index (χ0) is 18.6. The summed E-state index contributed by atoms with van der Waals surface area (Å²) in [5.74, 6) is 0. The van der Waals surface area contributed by atoms with Crippen LogP contribution in [0.3, 0.4) is 0 Å².